The first-order chi connectivity index (χ1) is 11.6. The van der Waals surface area contributed by atoms with Crippen LogP contribution in [-0.4, -0.2) is 19.0 Å². The van der Waals surface area contributed by atoms with Gasteiger partial charge in [-0.15, -0.1) is 0 Å². The topological polar surface area (TPSA) is 32.3 Å². The van der Waals surface area contributed by atoms with Gasteiger partial charge in [0.15, 0.2) is 0 Å². The minimum Gasteiger partial charge on any atom is -0.363 e. The zero-order valence-electron chi connectivity index (χ0n) is 14.1. The van der Waals surface area contributed by atoms with Gasteiger partial charge in [-0.05, 0) is 35.4 Å². The van der Waals surface area contributed by atoms with Gasteiger partial charge in [0.25, 0.3) is 0 Å². The second kappa shape index (κ2) is 7.18. The molecule has 122 valence electrons. The van der Waals surface area contributed by atoms with Crippen LogP contribution in [0.1, 0.15) is 12.5 Å². The monoisotopic (exact) mass is 318 g/mol. The highest BCUT2D eigenvalue weighted by molar-refractivity contribution is 5.88. The summed E-state index contributed by atoms with van der Waals surface area (Å²) in [5.41, 5.74) is 2.14. The van der Waals surface area contributed by atoms with Gasteiger partial charge in [-0.1, -0.05) is 60.7 Å². The minimum atomic E-state index is -0.241. The van der Waals surface area contributed by atoms with Crippen LogP contribution in [0.3, 0.4) is 0 Å². The van der Waals surface area contributed by atoms with Crippen molar-refractivity contribution in [3.63, 3.8) is 0 Å². The molecule has 0 aliphatic carbocycles. The number of likely N-dealkylation sites (N-methyl/N-ethyl adjacent to an activating group) is 1. The second-order valence-corrected chi connectivity index (χ2v) is 6.02. The Morgan fingerprint density at radius 2 is 1.62 bits per heavy atom. The largest absolute Gasteiger partial charge is 0.363 e. The van der Waals surface area contributed by atoms with Gasteiger partial charge >= 0.3 is 0 Å². The molecule has 0 unspecified atom stereocenters. The van der Waals surface area contributed by atoms with Crippen LogP contribution in [0.25, 0.3) is 10.8 Å². The van der Waals surface area contributed by atoms with Crippen molar-refractivity contribution >= 4 is 22.4 Å². The van der Waals surface area contributed by atoms with E-state index in [-0.39, 0.29) is 11.9 Å². The van der Waals surface area contributed by atoms with Crippen LogP contribution in [-0.2, 0) is 11.3 Å². The molecule has 24 heavy (non-hydrogen) atoms. The first-order valence-electron chi connectivity index (χ1n) is 8.18. The van der Waals surface area contributed by atoms with E-state index in [1.54, 1.807) is 0 Å². The van der Waals surface area contributed by atoms with E-state index in [9.17, 15) is 4.79 Å². The van der Waals surface area contributed by atoms with Gasteiger partial charge in [-0.2, -0.15) is 0 Å². The standard InChI is InChI=1S/C21H22N2O/c1-16(21(24)22-15-17-8-4-3-5-9-17)23(2)20-13-12-18-10-6-7-11-19(18)14-20/h3-14,16H,15H2,1-2H3,(H,22,24)/t16-/m0/s1. The number of anilines is 1. The maximum absolute atomic E-state index is 12.4. The number of hydrogen-bond acceptors (Lipinski definition) is 2. The van der Waals surface area contributed by atoms with E-state index in [2.05, 4.69) is 35.6 Å². The minimum absolute atomic E-state index is 0.0227. The highest BCUT2D eigenvalue weighted by Crippen LogP contribution is 2.22. The molecule has 3 rings (SSSR count). The molecule has 3 heteroatoms. The van der Waals surface area contributed by atoms with Crippen LogP contribution in [0.5, 0.6) is 0 Å². The van der Waals surface area contributed by atoms with E-state index >= 15 is 0 Å². The number of benzene rings is 3. The molecule has 3 nitrogen and oxygen atoms in total. The number of hydrogen-bond donors (Lipinski definition) is 1. The summed E-state index contributed by atoms with van der Waals surface area (Å²) in [6.45, 7) is 2.48. The predicted octanol–water partition coefficient (Wildman–Crippen LogP) is 3.98. The maximum Gasteiger partial charge on any atom is 0.242 e. The number of nitrogens with one attached hydrogen (secondary N) is 1. The summed E-state index contributed by atoms with van der Waals surface area (Å²) in [6, 6.07) is 24.2. The Hall–Kier alpha value is -2.81. The van der Waals surface area contributed by atoms with E-state index in [1.165, 1.54) is 10.8 Å². The zero-order valence-corrected chi connectivity index (χ0v) is 14.1. The lowest BCUT2D eigenvalue weighted by Crippen LogP contribution is -2.43. The van der Waals surface area contributed by atoms with Crippen LogP contribution in [0, 0.1) is 0 Å². The third kappa shape index (κ3) is 3.57. The molecule has 3 aromatic carbocycles. The van der Waals surface area contributed by atoms with Gasteiger partial charge in [0.05, 0.1) is 0 Å². The molecule has 1 N–H and O–H groups in total. The van der Waals surface area contributed by atoms with Crippen LogP contribution >= 0.6 is 0 Å². The summed E-state index contributed by atoms with van der Waals surface area (Å²) < 4.78 is 0. The molecule has 1 atom stereocenters. The summed E-state index contributed by atoms with van der Waals surface area (Å²) in [6.07, 6.45) is 0. The average Bonchev–Trinajstić information content (AvgIpc) is 2.65. The molecule has 0 heterocycles. The summed E-state index contributed by atoms with van der Waals surface area (Å²) in [5.74, 6) is 0.0227. The molecule has 0 fully saturated rings. The lowest BCUT2D eigenvalue weighted by molar-refractivity contribution is -0.122. The summed E-state index contributed by atoms with van der Waals surface area (Å²) in [5, 5.41) is 5.39. The highest BCUT2D eigenvalue weighted by atomic mass is 16.2. The number of carbonyl (C=O) groups excluding carboxylic acids is 1. The van der Waals surface area contributed by atoms with Crippen molar-refractivity contribution in [2.45, 2.75) is 19.5 Å². The number of rotatable bonds is 5. The lowest BCUT2D eigenvalue weighted by Gasteiger charge is -2.26. The van der Waals surface area contributed by atoms with Crippen LogP contribution in [0.4, 0.5) is 5.69 Å². The van der Waals surface area contributed by atoms with Crippen LogP contribution < -0.4 is 10.2 Å². The molecule has 1 amide bonds. The van der Waals surface area contributed by atoms with E-state index in [4.69, 9.17) is 0 Å². The van der Waals surface area contributed by atoms with Crippen molar-refractivity contribution in [2.24, 2.45) is 0 Å². The summed E-state index contributed by atoms with van der Waals surface area (Å²) in [7, 11) is 1.96. The molecule has 0 aliphatic heterocycles. The zero-order chi connectivity index (χ0) is 16.9. The number of carbonyl (C=O) groups is 1. The molecule has 3 aromatic rings. The van der Waals surface area contributed by atoms with E-state index < -0.39 is 0 Å². The van der Waals surface area contributed by atoms with Crippen LogP contribution in [0.2, 0.25) is 0 Å². The molecule has 0 radical (unpaired) electrons. The number of nitrogens with zero attached hydrogens (tertiary/aromatic N) is 1. The Morgan fingerprint density at radius 3 is 2.38 bits per heavy atom. The van der Waals surface area contributed by atoms with Gasteiger partial charge in [-0.3, -0.25) is 4.79 Å². The molecule has 0 saturated heterocycles. The predicted molar refractivity (Wildman–Crippen MR) is 100 cm³/mol. The molecular formula is C21H22N2O. The van der Waals surface area contributed by atoms with Crippen molar-refractivity contribution in [1.82, 2.24) is 5.32 Å². The third-order valence-electron chi connectivity index (χ3n) is 4.41. The molecule has 0 aromatic heterocycles. The van der Waals surface area contributed by atoms with Crippen LogP contribution in [0.15, 0.2) is 72.8 Å². The van der Waals surface area contributed by atoms with E-state index in [0.29, 0.717) is 6.54 Å². The Morgan fingerprint density at radius 1 is 0.958 bits per heavy atom. The fourth-order valence-electron chi connectivity index (χ4n) is 2.73. The highest BCUT2D eigenvalue weighted by Gasteiger charge is 2.18. The fraction of sp³-hybridized carbons (Fsp3) is 0.190. The average molecular weight is 318 g/mol. The van der Waals surface area contributed by atoms with Gasteiger partial charge in [-0.25, -0.2) is 0 Å². The number of amides is 1. The lowest BCUT2D eigenvalue weighted by atomic mass is 10.1. The number of fused-ring (bicyclic) bond motifs is 1. The van der Waals surface area contributed by atoms with Gasteiger partial charge in [0.1, 0.15) is 6.04 Å². The molecule has 0 bridgehead atoms. The quantitative estimate of drug-likeness (QED) is 0.772. The van der Waals surface area contributed by atoms with Gasteiger partial charge < -0.3 is 10.2 Å². The molecule has 0 saturated carbocycles. The molecular weight excluding hydrogens is 296 g/mol. The SMILES string of the molecule is C[C@@H](C(=O)NCc1ccccc1)N(C)c1ccc2ccccc2c1. The summed E-state index contributed by atoms with van der Waals surface area (Å²) >= 11 is 0. The van der Waals surface area contributed by atoms with Gasteiger partial charge in [0.2, 0.25) is 5.91 Å². The summed E-state index contributed by atoms with van der Waals surface area (Å²) in [4.78, 5) is 14.4. The Balaban J connectivity index is 1.68. The maximum atomic E-state index is 12.4. The van der Waals surface area contributed by atoms with Crippen molar-refractivity contribution in [3.05, 3.63) is 78.4 Å². The van der Waals surface area contributed by atoms with Gasteiger partial charge in [0, 0.05) is 19.3 Å². The second-order valence-electron chi connectivity index (χ2n) is 6.02. The Bertz CT molecular complexity index is 829. The smallest absolute Gasteiger partial charge is 0.242 e. The van der Waals surface area contributed by atoms with E-state index in [0.717, 1.165) is 11.3 Å². The first-order valence-corrected chi connectivity index (χ1v) is 8.18. The van der Waals surface area contributed by atoms with E-state index in [1.807, 2.05) is 61.3 Å². The molecule has 0 aliphatic rings. The third-order valence-corrected chi connectivity index (χ3v) is 4.41. The Labute approximate surface area is 142 Å². The molecule has 0 spiro atoms. The van der Waals surface area contributed by atoms with Crippen molar-refractivity contribution in [2.75, 3.05) is 11.9 Å². The van der Waals surface area contributed by atoms with Crippen molar-refractivity contribution in [3.8, 4) is 0 Å². The Kier molecular flexibility index (Phi) is 4.80. The first kappa shape index (κ1) is 16.1. The van der Waals surface area contributed by atoms with Crippen molar-refractivity contribution < 1.29 is 4.79 Å². The van der Waals surface area contributed by atoms with Crippen molar-refractivity contribution in [1.29, 1.82) is 0 Å². The normalized spacial score (nSPS) is 11.9. The fourth-order valence-corrected chi connectivity index (χ4v) is 2.73.